The van der Waals surface area contributed by atoms with Crippen molar-refractivity contribution in [1.29, 1.82) is 0 Å². The van der Waals surface area contributed by atoms with Gasteiger partial charge in [-0.05, 0) is 30.7 Å². The highest BCUT2D eigenvalue weighted by Gasteiger charge is 2.42. The van der Waals surface area contributed by atoms with Gasteiger partial charge in [-0.2, -0.15) is 11.8 Å². The standard InChI is InChI=1S/C8H10ClN3OS2/c1-14-8(2-3-8)4-10-5(13)6-11-12-7(9)15-6/h2-4H2,1H3,(H,10,13). The van der Waals surface area contributed by atoms with Gasteiger partial charge in [-0.3, -0.25) is 4.79 Å². The van der Waals surface area contributed by atoms with Crippen LogP contribution in [0.3, 0.4) is 0 Å². The molecule has 0 bridgehead atoms. The lowest BCUT2D eigenvalue weighted by atomic mass is 10.4. The lowest BCUT2D eigenvalue weighted by molar-refractivity contribution is 0.0952. The molecule has 0 unspecified atom stereocenters. The third kappa shape index (κ3) is 2.62. The SMILES string of the molecule is CSC1(CNC(=O)c2nnc(Cl)s2)CC1. The third-order valence-corrected chi connectivity index (χ3v) is 4.84. The second-order valence-electron chi connectivity index (χ2n) is 3.43. The highest BCUT2D eigenvalue weighted by atomic mass is 35.5. The Kier molecular flexibility index (Phi) is 3.18. The highest BCUT2D eigenvalue weighted by Crippen LogP contribution is 2.46. The molecule has 1 aromatic heterocycles. The molecule has 1 amide bonds. The molecule has 0 radical (unpaired) electrons. The van der Waals surface area contributed by atoms with Crippen LogP contribution in [-0.2, 0) is 0 Å². The lowest BCUT2D eigenvalue weighted by Crippen LogP contribution is -2.31. The van der Waals surface area contributed by atoms with Gasteiger partial charge in [-0.25, -0.2) is 0 Å². The maximum atomic E-state index is 11.6. The van der Waals surface area contributed by atoms with Crippen molar-refractivity contribution in [3.05, 3.63) is 9.47 Å². The van der Waals surface area contributed by atoms with Gasteiger partial charge in [0.2, 0.25) is 9.47 Å². The second-order valence-corrected chi connectivity index (χ2v) is 6.26. The van der Waals surface area contributed by atoms with Gasteiger partial charge in [-0.1, -0.05) is 11.3 Å². The lowest BCUT2D eigenvalue weighted by Gasteiger charge is -2.11. The van der Waals surface area contributed by atoms with Crippen molar-refractivity contribution < 1.29 is 4.79 Å². The molecule has 0 atom stereocenters. The number of carbonyl (C=O) groups is 1. The van der Waals surface area contributed by atoms with Gasteiger partial charge in [0.05, 0.1) is 0 Å². The fraction of sp³-hybridized carbons (Fsp3) is 0.625. The number of aromatic nitrogens is 2. The molecule has 1 aliphatic rings. The zero-order valence-electron chi connectivity index (χ0n) is 8.12. The number of nitrogens with zero attached hydrogens (tertiary/aromatic N) is 2. The predicted octanol–water partition coefficient (Wildman–Crippen LogP) is 1.82. The van der Waals surface area contributed by atoms with Crippen LogP contribution in [0.25, 0.3) is 0 Å². The first kappa shape index (κ1) is 11.2. The van der Waals surface area contributed by atoms with E-state index in [0.29, 0.717) is 16.0 Å². The summed E-state index contributed by atoms with van der Waals surface area (Å²) in [7, 11) is 0. The number of nitrogens with one attached hydrogen (secondary N) is 1. The van der Waals surface area contributed by atoms with Crippen molar-refractivity contribution in [1.82, 2.24) is 15.5 Å². The van der Waals surface area contributed by atoms with E-state index in [2.05, 4.69) is 21.8 Å². The maximum absolute atomic E-state index is 11.6. The molecular formula is C8H10ClN3OS2. The first-order valence-corrected chi connectivity index (χ1v) is 6.89. The van der Waals surface area contributed by atoms with Crippen LogP contribution in [0.1, 0.15) is 22.6 Å². The Morgan fingerprint density at radius 2 is 2.40 bits per heavy atom. The number of carbonyl (C=O) groups excluding carboxylic acids is 1. The molecule has 1 heterocycles. The van der Waals surface area contributed by atoms with E-state index in [4.69, 9.17) is 11.6 Å². The van der Waals surface area contributed by atoms with Crippen LogP contribution in [0.4, 0.5) is 0 Å². The summed E-state index contributed by atoms with van der Waals surface area (Å²) in [5, 5.41) is 10.5. The van der Waals surface area contributed by atoms with E-state index < -0.39 is 0 Å². The Labute approximate surface area is 101 Å². The van der Waals surface area contributed by atoms with Gasteiger partial charge in [0.1, 0.15) is 0 Å². The zero-order chi connectivity index (χ0) is 10.9. The molecular weight excluding hydrogens is 254 g/mol. The molecule has 0 saturated heterocycles. The van der Waals surface area contributed by atoms with Crippen molar-refractivity contribution in [2.45, 2.75) is 17.6 Å². The van der Waals surface area contributed by atoms with Crippen molar-refractivity contribution in [2.75, 3.05) is 12.8 Å². The van der Waals surface area contributed by atoms with Gasteiger partial charge in [-0.15, -0.1) is 10.2 Å². The summed E-state index contributed by atoms with van der Waals surface area (Å²) in [4.78, 5) is 11.6. The van der Waals surface area contributed by atoms with Crippen LogP contribution < -0.4 is 5.32 Å². The van der Waals surface area contributed by atoms with Crippen molar-refractivity contribution in [3.8, 4) is 0 Å². The number of rotatable bonds is 4. The molecule has 4 nitrogen and oxygen atoms in total. The zero-order valence-corrected chi connectivity index (χ0v) is 10.5. The summed E-state index contributed by atoms with van der Waals surface area (Å²) in [6.45, 7) is 0.699. The summed E-state index contributed by atoms with van der Waals surface area (Å²) in [5.41, 5.74) is 0. The summed E-state index contributed by atoms with van der Waals surface area (Å²) in [6, 6.07) is 0. The molecule has 0 aromatic carbocycles. The average molecular weight is 264 g/mol. The minimum atomic E-state index is -0.181. The topological polar surface area (TPSA) is 54.9 Å². The van der Waals surface area contributed by atoms with Gasteiger partial charge in [0, 0.05) is 11.3 Å². The summed E-state index contributed by atoms with van der Waals surface area (Å²) < 4.78 is 0.565. The molecule has 0 spiro atoms. The number of hydrogen-bond acceptors (Lipinski definition) is 5. The Balaban J connectivity index is 1.88. The van der Waals surface area contributed by atoms with E-state index in [0.717, 1.165) is 11.3 Å². The third-order valence-electron chi connectivity index (χ3n) is 2.41. The van der Waals surface area contributed by atoms with E-state index in [-0.39, 0.29) is 10.7 Å². The van der Waals surface area contributed by atoms with Crippen LogP contribution in [-0.4, -0.2) is 33.7 Å². The number of halogens is 1. The fourth-order valence-electron chi connectivity index (χ4n) is 1.21. The number of amides is 1. The quantitative estimate of drug-likeness (QED) is 0.900. The Hall–Kier alpha value is -0.330. The first-order chi connectivity index (χ1) is 7.15. The van der Waals surface area contributed by atoms with E-state index in [1.807, 2.05) is 11.8 Å². The minimum absolute atomic E-state index is 0.181. The smallest absolute Gasteiger partial charge is 0.282 e. The van der Waals surface area contributed by atoms with Gasteiger partial charge < -0.3 is 5.32 Å². The van der Waals surface area contributed by atoms with Crippen molar-refractivity contribution in [2.24, 2.45) is 0 Å². The van der Waals surface area contributed by atoms with Crippen molar-refractivity contribution >= 4 is 40.6 Å². The number of thioether (sulfide) groups is 1. The van der Waals surface area contributed by atoms with E-state index in [1.165, 1.54) is 12.8 Å². The molecule has 1 aliphatic carbocycles. The second kappa shape index (κ2) is 4.27. The first-order valence-electron chi connectivity index (χ1n) is 4.48. The molecule has 1 fully saturated rings. The van der Waals surface area contributed by atoms with E-state index in [9.17, 15) is 4.79 Å². The Morgan fingerprint density at radius 3 is 2.87 bits per heavy atom. The van der Waals surface area contributed by atoms with Crippen LogP contribution in [0.15, 0.2) is 0 Å². The maximum Gasteiger partial charge on any atom is 0.282 e. The predicted molar refractivity (Wildman–Crippen MR) is 62.7 cm³/mol. The molecule has 15 heavy (non-hydrogen) atoms. The summed E-state index contributed by atoms with van der Waals surface area (Å²) in [5.74, 6) is -0.181. The Bertz CT molecular complexity index is 378. The van der Waals surface area contributed by atoms with Crippen LogP contribution in [0.5, 0.6) is 0 Å². The highest BCUT2D eigenvalue weighted by molar-refractivity contribution is 8.00. The largest absolute Gasteiger partial charge is 0.349 e. The fourth-order valence-corrected chi connectivity index (χ4v) is 2.68. The molecule has 2 rings (SSSR count). The molecule has 1 aromatic rings. The van der Waals surface area contributed by atoms with Crippen LogP contribution in [0.2, 0.25) is 4.47 Å². The average Bonchev–Trinajstić information content (AvgIpc) is 2.90. The van der Waals surface area contributed by atoms with Crippen LogP contribution in [0, 0.1) is 0 Å². The van der Waals surface area contributed by atoms with E-state index in [1.54, 1.807) is 0 Å². The van der Waals surface area contributed by atoms with Crippen LogP contribution >= 0.6 is 34.7 Å². The molecule has 0 aliphatic heterocycles. The van der Waals surface area contributed by atoms with Gasteiger partial charge >= 0.3 is 0 Å². The van der Waals surface area contributed by atoms with Gasteiger partial charge in [0.25, 0.3) is 5.91 Å². The molecule has 82 valence electrons. The Morgan fingerprint density at radius 1 is 1.67 bits per heavy atom. The number of hydrogen-bond donors (Lipinski definition) is 1. The van der Waals surface area contributed by atoms with Gasteiger partial charge in [0.15, 0.2) is 0 Å². The van der Waals surface area contributed by atoms with E-state index >= 15 is 0 Å². The summed E-state index contributed by atoms with van der Waals surface area (Å²) in [6.07, 6.45) is 4.41. The summed E-state index contributed by atoms with van der Waals surface area (Å²) >= 11 is 8.50. The monoisotopic (exact) mass is 263 g/mol. The molecule has 7 heteroatoms. The molecule has 1 N–H and O–H groups in total. The minimum Gasteiger partial charge on any atom is -0.349 e. The normalized spacial score (nSPS) is 17.5. The van der Waals surface area contributed by atoms with Crippen molar-refractivity contribution in [3.63, 3.8) is 0 Å². The molecule has 1 saturated carbocycles.